The number of amides is 1. The van der Waals surface area contributed by atoms with Gasteiger partial charge in [0, 0.05) is 31.3 Å². The number of hydrogen-bond donors (Lipinski definition) is 2. The van der Waals surface area contributed by atoms with Crippen molar-refractivity contribution in [2.45, 2.75) is 46.0 Å². The van der Waals surface area contributed by atoms with E-state index >= 15 is 0 Å². The molecule has 2 N–H and O–H groups in total. The van der Waals surface area contributed by atoms with Crippen LogP contribution >= 0.6 is 0 Å². The first-order valence-corrected chi connectivity index (χ1v) is 8.97. The lowest BCUT2D eigenvalue weighted by atomic mass is 10.0. The standard InChI is InChI=1S/C18H26N6O/c1-13-14(2)24(12-23-13)17-10-16(21-11-22-17)19-7-8-20-18(25)9-15-5-3-4-6-15/h10-12,15H,3-9H2,1-2H3,(H,20,25)(H,19,21,22). The molecule has 2 aromatic heterocycles. The number of aromatic nitrogens is 4. The molecule has 134 valence electrons. The van der Waals surface area contributed by atoms with E-state index in [1.807, 2.05) is 24.5 Å². The van der Waals surface area contributed by atoms with Crippen molar-refractivity contribution in [3.8, 4) is 5.82 Å². The summed E-state index contributed by atoms with van der Waals surface area (Å²) in [6, 6.07) is 1.88. The van der Waals surface area contributed by atoms with Crippen molar-refractivity contribution in [3.63, 3.8) is 0 Å². The van der Waals surface area contributed by atoms with Gasteiger partial charge >= 0.3 is 0 Å². The van der Waals surface area contributed by atoms with Gasteiger partial charge in [-0.1, -0.05) is 12.8 Å². The minimum absolute atomic E-state index is 0.154. The van der Waals surface area contributed by atoms with Crippen molar-refractivity contribution >= 4 is 11.7 Å². The van der Waals surface area contributed by atoms with E-state index < -0.39 is 0 Å². The number of imidazole rings is 1. The normalized spacial score (nSPS) is 14.6. The summed E-state index contributed by atoms with van der Waals surface area (Å²) in [5.41, 5.74) is 2.04. The van der Waals surface area contributed by atoms with Gasteiger partial charge in [-0.25, -0.2) is 15.0 Å². The Hall–Kier alpha value is -2.44. The maximum Gasteiger partial charge on any atom is 0.220 e. The van der Waals surface area contributed by atoms with Crippen LogP contribution in [-0.2, 0) is 4.79 Å². The summed E-state index contributed by atoms with van der Waals surface area (Å²) in [5, 5.41) is 6.21. The van der Waals surface area contributed by atoms with E-state index in [1.165, 1.54) is 32.0 Å². The van der Waals surface area contributed by atoms with E-state index in [4.69, 9.17) is 0 Å². The molecule has 1 aliphatic rings. The molecule has 0 radical (unpaired) electrons. The fourth-order valence-electron chi connectivity index (χ4n) is 3.25. The van der Waals surface area contributed by atoms with Gasteiger partial charge in [-0.05, 0) is 32.6 Å². The maximum atomic E-state index is 11.9. The summed E-state index contributed by atoms with van der Waals surface area (Å²) < 4.78 is 1.94. The zero-order chi connectivity index (χ0) is 17.6. The molecule has 0 aromatic carbocycles. The first-order valence-electron chi connectivity index (χ1n) is 8.97. The van der Waals surface area contributed by atoms with Gasteiger partial charge in [0.05, 0.1) is 5.69 Å². The predicted molar refractivity (Wildman–Crippen MR) is 96.7 cm³/mol. The highest BCUT2D eigenvalue weighted by Gasteiger charge is 2.17. The zero-order valence-electron chi connectivity index (χ0n) is 15.0. The number of nitrogens with zero attached hydrogens (tertiary/aromatic N) is 4. The van der Waals surface area contributed by atoms with Gasteiger partial charge in [0.2, 0.25) is 5.91 Å². The van der Waals surface area contributed by atoms with E-state index in [-0.39, 0.29) is 5.91 Å². The van der Waals surface area contributed by atoms with Crippen LogP contribution in [0.15, 0.2) is 18.7 Å². The summed E-state index contributed by atoms with van der Waals surface area (Å²) in [6.07, 6.45) is 8.89. The number of hydrogen-bond acceptors (Lipinski definition) is 5. The summed E-state index contributed by atoms with van der Waals surface area (Å²) in [7, 11) is 0. The highest BCUT2D eigenvalue weighted by atomic mass is 16.1. The molecule has 0 spiro atoms. The van der Waals surface area contributed by atoms with Crippen molar-refractivity contribution < 1.29 is 4.79 Å². The number of aryl methyl sites for hydroxylation is 1. The SMILES string of the molecule is Cc1ncn(-c2cc(NCCNC(=O)CC3CCCC3)ncn2)c1C. The fraction of sp³-hybridized carbons (Fsp3) is 0.556. The monoisotopic (exact) mass is 342 g/mol. The Morgan fingerprint density at radius 3 is 2.72 bits per heavy atom. The van der Waals surface area contributed by atoms with Crippen LogP contribution in [0.2, 0.25) is 0 Å². The molecule has 0 saturated heterocycles. The van der Waals surface area contributed by atoms with Gasteiger partial charge in [-0.2, -0.15) is 0 Å². The first kappa shape index (κ1) is 17.4. The number of carbonyl (C=O) groups excluding carboxylic acids is 1. The minimum Gasteiger partial charge on any atom is -0.368 e. The third-order valence-corrected chi connectivity index (χ3v) is 4.85. The van der Waals surface area contributed by atoms with Crippen LogP contribution < -0.4 is 10.6 Å². The van der Waals surface area contributed by atoms with Crippen molar-refractivity contribution in [2.75, 3.05) is 18.4 Å². The van der Waals surface area contributed by atoms with Crippen LogP contribution in [0, 0.1) is 19.8 Å². The molecule has 2 aromatic rings. The molecule has 3 rings (SSSR count). The lowest BCUT2D eigenvalue weighted by Gasteiger charge is -2.11. The second-order valence-corrected chi connectivity index (χ2v) is 6.68. The second-order valence-electron chi connectivity index (χ2n) is 6.68. The Morgan fingerprint density at radius 1 is 1.20 bits per heavy atom. The molecule has 0 unspecified atom stereocenters. The minimum atomic E-state index is 0.154. The van der Waals surface area contributed by atoms with E-state index in [9.17, 15) is 4.79 Å². The average Bonchev–Trinajstić information content (AvgIpc) is 3.23. The summed E-state index contributed by atoms with van der Waals surface area (Å²) in [6.45, 7) is 5.21. The molecule has 0 aliphatic heterocycles. The lowest BCUT2D eigenvalue weighted by molar-refractivity contribution is -0.121. The quantitative estimate of drug-likeness (QED) is 0.755. The van der Waals surface area contributed by atoms with E-state index in [2.05, 4.69) is 25.6 Å². The Kier molecular flexibility index (Phi) is 5.63. The molecule has 7 nitrogen and oxygen atoms in total. The smallest absolute Gasteiger partial charge is 0.220 e. The third-order valence-electron chi connectivity index (χ3n) is 4.85. The largest absolute Gasteiger partial charge is 0.368 e. The Labute approximate surface area is 148 Å². The predicted octanol–water partition coefficient (Wildman–Crippen LogP) is 2.39. The maximum absolute atomic E-state index is 11.9. The molecule has 1 amide bonds. The molecule has 0 bridgehead atoms. The summed E-state index contributed by atoms with van der Waals surface area (Å²) in [4.78, 5) is 24.7. The van der Waals surface area contributed by atoms with E-state index in [0.717, 1.165) is 23.0 Å². The van der Waals surface area contributed by atoms with Crippen LogP contribution in [0.3, 0.4) is 0 Å². The molecule has 1 aliphatic carbocycles. The molecule has 25 heavy (non-hydrogen) atoms. The Morgan fingerprint density at radius 2 is 2.00 bits per heavy atom. The molecule has 7 heteroatoms. The fourth-order valence-corrected chi connectivity index (χ4v) is 3.25. The number of carbonyl (C=O) groups is 1. The Bertz CT molecular complexity index is 720. The number of anilines is 1. The van der Waals surface area contributed by atoms with Crippen LogP contribution in [0.25, 0.3) is 5.82 Å². The lowest BCUT2D eigenvalue weighted by Crippen LogP contribution is -2.30. The topological polar surface area (TPSA) is 84.7 Å². The number of rotatable bonds is 7. The molecule has 1 fully saturated rings. The van der Waals surface area contributed by atoms with Crippen molar-refractivity contribution in [3.05, 3.63) is 30.1 Å². The highest BCUT2D eigenvalue weighted by molar-refractivity contribution is 5.76. The molecular formula is C18H26N6O. The van der Waals surface area contributed by atoms with E-state index in [0.29, 0.717) is 25.4 Å². The van der Waals surface area contributed by atoms with Gasteiger partial charge < -0.3 is 10.6 Å². The van der Waals surface area contributed by atoms with Crippen molar-refractivity contribution in [1.29, 1.82) is 0 Å². The van der Waals surface area contributed by atoms with Crippen LogP contribution in [0.1, 0.15) is 43.5 Å². The van der Waals surface area contributed by atoms with E-state index in [1.54, 1.807) is 6.33 Å². The molecule has 1 saturated carbocycles. The molecule has 2 heterocycles. The van der Waals surface area contributed by atoms with Crippen LogP contribution in [0.5, 0.6) is 0 Å². The van der Waals surface area contributed by atoms with Crippen LogP contribution in [-0.4, -0.2) is 38.5 Å². The second kappa shape index (κ2) is 8.09. The van der Waals surface area contributed by atoms with Gasteiger partial charge in [-0.3, -0.25) is 9.36 Å². The molecule has 0 atom stereocenters. The van der Waals surface area contributed by atoms with Gasteiger partial charge in [-0.15, -0.1) is 0 Å². The van der Waals surface area contributed by atoms with Gasteiger partial charge in [0.15, 0.2) is 0 Å². The Balaban J connectivity index is 1.46. The average molecular weight is 342 g/mol. The van der Waals surface area contributed by atoms with Crippen molar-refractivity contribution in [2.24, 2.45) is 5.92 Å². The molecular weight excluding hydrogens is 316 g/mol. The summed E-state index contributed by atoms with van der Waals surface area (Å²) in [5.74, 6) is 2.25. The summed E-state index contributed by atoms with van der Waals surface area (Å²) >= 11 is 0. The van der Waals surface area contributed by atoms with Gasteiger partial charge in [0.25, 0.3) is 0 Å². The third kappa shape index (κ3) is 4.55. The number of nitrogens with one attached hydrogen (secondary N) is 2. The van der Waals surface area contributed by atoms with Gasteiger partial charge in [0.1, 0.15) is 24.3 Å². The first-order chi connectivity index (χ1) is 12.1. The zero-order valence-corrected chi connectivity index (χ0v) is 15.0. The highest BCUT2D eigenvalue weighted by Crippen LogP contribution is 2.27. The van der Waals surface area contributed by atoms with Crippen LogP contribution in [0.4, 0.5) is 5.82 Å². The van der Waals surface area contributed by atoms with Crippen molar-refractivity contribution in [1.82, 2.24) is 24.8 Å².